The molecular weight excluding hydrogens is 260 g/mol. The molecule has 0 aromatic heterocycles. The number of aliphatic hydroxyl groups excluding tert-OH is 1. The van der Waals surface area contributed by atoms with Gasteiger partial charge >= 0.3 is 0 Å². The summed E-state index contributed by atoms with van der Waals surface area (Å²) in [5.74, 6) is 0. The van der Waals surface area contributed by atoms with Gasteiger partial charge in [-0.2, -0.15) is 0 Å². The van der Waals surface area contributed by atoms with Crippen LogP contribution in [-0.4, -0.2) is 17.0 Å². The van der Waals surface area contributed by atoms with Crippen molar-refractivity contribution in [2.45, 2.75) is 89.9 Å². The van der Waals surface area contributed by atoms with Gasteiger partial charge in [-0.05, 0) is 24.4 Å². The first-order valence-electron chi connectivity index (χ1n) is 8.06. The summed E-state index contributed by atoms with van der Waals surface area (Å²) in [4.78, 5) is 10.5. The molecule has 0 spiro atoms. The quantitative estimate of drug-likeness (QED) is 0.332. The summed E-state index contributed by atoms with van der Waals surface area (Å²) in [5.41, 5.74) is 0. The highest BCUT2D eigenvalue weighted by molar-refractivity contribution is 6.63. The molecule has 0 saturated heterocycles. The molecule has 0 amide bonds. The Morgan fingerprint density at radius 3 is 1.26 bits per heavy atom. The van der Waals surface area contributed by atoms with Crippen molar-refractivity contribution >= 4 is 16.8 Å². The Labute approximate surface area is 123 Å². The van der Waals surface area contributed by atoms with E-state index in [1.165, 1.54) is 64.2 Å². The second-order valence-corrected chi connectivity index (χ2v) is 5.85. The maximum Gasteiger partial charge on any atom is 0.221 e. The third-order valence-corrected chi connectivity index (χ3v) is 3.72. The van der Waals surface area contributed by atoms with E-state index in [-0.39, 0.29) is 5.24 Å². The van der Waals surface area contributed by atoms with E-state index in [0.717, 1.165) is 19.3 Å². The summed E-state index contributed by atoms with van der Waals surface area (Å²) in [5, 5.41) is 8.45. The fourth-order valence-corrected chi connectivity index (χ4v) is 2.45. The van der Waals surface area contributed by atoms with E-state index in [4.69, 9.17) is 16.7 Å². The van der Waals surface area contributed by atoms with Crippen molar-refractivity contribution in [2.75, 3.05) is 6.61 Å². The van der Waals surface area contributed by atoms with Crippen molar-refractivity contribution in [3.63, 3.8) is 0 Å². The van der Waals surface area contributed by atoms with Crippen LogP contribution in [0.25, 0.3) is 0 Å². The number of unbranched alkanes of at least 4 members (excludes halogenated alkanes) is 12. The summed E-state index contributed by atoms with van der Waals surface area (Å²) in [6.45, 7) is 0.346. The Kier molecular flexibility index (Phi) is 15.9. The molecule has 0 aliphatic rings. The topological polar surface area (TPSA) is 37.3 Å². The first-order valence-corrected chi connectivity index (χ1v) is 8.44. The summed E-state index contributed by atoms with van der Waals surface area (Å²) < 4.78 is 0. The van der Waals surface area contributed by atoms with Crippen molar-refractivity contribution in [1.29, 1.82) is 0 Å². The maximum atomic E-state index is 10.5. The largest absolute Gasteiger partial charge is 0.396 e. The van der Waals surface area contributed by atoms with Gasteiger partial charge in [-0.3, -0.25) is 4.79 Å². The van der Waals surface area contributed by atoms with Crippen LogP contribution in [0.1, 0.15) is 89.9 Å². The molecule has 0 aliphatic carbocycles. The lowest BCUT2D eigenvalue weighted by atomic mass is 10.0. The van der Waals surface area contributed by atoms with Crippen LogP contribution in [0, 0.1) is 0 Å². The lowest BCUT2D eigenvalue weighted by molar-refractivity contribution is -0.111. The summed E-state index contributed by atoms with van der Waals surface area (Å²) in [6, 6.07) is 0. The van der Waals surface area contributed by atoms with Gasteiger partial charge in [-0.1, -0.05) is 70.6 Å². The van der Waals surface area contributed by atoms with Crippen molar-refractivity contribution in [2.24, 2.45) is 0 Å². The van der Waals surface area contributed by atoms with Gasteiger partial charge in [-0.25, -0.2) is 0 Å². The van der Waals surface area contributed by atoms with E-state index in [1.807, 2.05) is 0 Å². The second-order valence-electron chi connectivity index (χ2n) is 5.42. The molecule has 1 N–H and O–H groups in total. The summed E-state index contributed by atoms with van der Waals surface area (Å²) in [6.07, 6.45) is 16.7. The van der Waals surface area contributed by atoms with Crippen molar-refractivity contribution < 1.29 is 9.90 Å². The lowest BCUT2D eigenvalue weighted by Gasteiger charge is -2.02. The monoisotopic (exact) mass is 290 g/mol. The minimum Gasteiger partial charge on any atom is -0.396 e. The summed E-state index contributed by atoms with van der Waals surface area (Å²) >= 11 is 5.28. The Balaban J connectivity index is 2.93. The highest BCUT2D eigenvalue weighted by atomic mass is 35.5. The number of hydrogen-bond donors (Lipinski definition) is 1. The second kappa shape index (κ2) is 16.0. The molecular formula is C16H31ClO2. The molecule has 114 valence electrons. The SMILES string of the molecule is O=C(Cl)CCCCCCCCCCCCCCCO. The van der Waals surface area contributed by atoms with Crippen LogP contribution in [-0.2, 0) is 4.79 Å². The average Bonchev–Trinajstić information content (AvgIpc) is 2.39. The highest BCUT2D eigenvalue weighted by Crippen LogP contribution is 2.13. The van der Waals surface area contributed by atoms with E-state index in [0.29, 0.717) is 13.0 Å². The molecule has 0 fully saturated rings. The lowest BCUT2D eigenvalue weighted by Crippen LogP contribution is -1.87. The molecule has 0 radical (unpaired) electrons. The van der Waals surface area contributed by atoms with Crippen LogP contribution in [0.5, 0.6) is 0 Å². The molecule has 0 bridgehead atoms. The fourth-order valence-electron chi connectivity index (χ4n) is 2.32. The number of rotatable bonds is 15. The standard InChI is InChI=1S/C16H31ClO2/c17-16(19)14-12-10-8-6-4-2-1-3-5-7-9-11-13-15-18/h18H,1-15H2. The summed E-state index contributed by atoms with van der Waals surface area (Å²) in [7, 11) is 0. The number of carbonyl (C=O) groups is 1. The van der Waals surface area contributed by atoms with Crippen LogP contribution in [0.15, 0.2) is 0 Å². The fraction of sp³-hybridized carbons (Fsp3) is 0.938. The minimum absolute atomic E-state index is 0.195. The third-order valence-electron chi connectivity index (χ3n) is 3.53. The first-order chi connectivity index (χ1) is 9.27. The van der Waals surface area contributed by atoms with Crippen LogP contribution < -0.4 is 0 Å². The molecule has 0 saturated carbocycles. The van der Waals surface area contributed by atoms with Crippen LogP contribution in [0.3, 0.4) is 0 Å². The molecule has 0 aromatic rings. The van der Waals surface area contributed by atoms with Crippen LogP contribution >= 0.6 is 11.6 Å². The van der Waals surface area contributed by atoms with Gasteiger partial charge in [0.15, 0.2) is 0 Å². The highest BCUT2D eigenvalue weighted by Gasteiger charge is 1.96. The molecule has 0 aliphatic heterocycles. The molecule has 0 heterocycles. The van der Waals surface area contributed by atoms with Crippen LogP contribution in [0.2, 0.25) is 0 Å². The van der Waals surface area contributed by atoms with Crippen molar-refractivity contribution in [3.05, 3.63) is 0 Å². The zero-order chi connectivity index (χ0) is 14.2. The number of aliphatic hydroxyl groups is 1. The van der Waals surface area contributed by atoms with Crippen molar-refractivity contribution in [1.82, 2.24) is 0 Å². The van der Waals surface area contributed by atoms with E-state index in [1.54, 1.807) is 0 Å². The van der Waals surface area contributed by atoms with Gasteiger partial charge in [0.25, 0.3) is 0 Å². The van der Waals surface area contributed by atoms with Gasteiger partial charge in [0.1, 0.15) is 0 Å². The molecule has 3 heteroatoms. The zero-order valence-electron chi connectivity index (χ0n) is 12.3. The minimum atomic E-state index is -0.195. The predicted molar refractivity (Wildman–Crippen MR) is 82.6 cm³/mol. The van der Waals surface area contributed by atoms with Crippen LogP contribution in [0.4, 0.5) is 0 Å². The number of carbonyl (C=O) groups excluding carboxylic acids is 1. The Morgan fingerprint density at radius 2 is 0.947 bits per heavy atom. The van der Waals surface area contributed by atoms with Gasteiger partial charge in [0, 0.05) is 13.0 Å². The van der Waals surface area contributed by atoms with E-state index in [9.17, 15) is 4.79 Å². The Bertz CT molecular complexity index is 195. The normalized spacial score (nSPS) is 10.8. The zero-order valence-corrected chi connectivity index (χ0v) is 13.1. The Morgan fingerprint density at radius 1 is 0.632 bits per heavy atom. The molecule has 2 nitrogen and oxygen atoms in total. The average molecular weight is 291 g/mol. The van der Waals surface area contributed by atoms with E-state index in [2.05, 4.69) is 0 Å². The van der Waals surface area contributed by atoms with E-state index < -0.39 is 0 Å². The first kappa shape index (κ1) is 18.9. The van der Waals surface area contributed by atoms with Gasteiger partial charge in [0.2, 0.25) is 5.24 Å². The maximum absolute atomic E-state index is 10.5. The predicted octanol–water partition coefficient (Wildman–Crippen LogP) is 5.21. The van der Waals surface area contributed by atoms with Gasteiger partial charge < -0.3 is 5.11 Å². The number of hydrogen-bond acceptors (Lipinski definition) is 2. The van der Waals surface area contributed by atoms with Gasteiger partial charge in [-0.15, -0.1) is 0 Å². The Hall–Kier alpha value is -0.0800. The van der Waals surface area contributed by atoms with Crippen molar-refractivity contribution in [3.8, 4) is 0 Å². The molecule has 0 atom stereocenters. The smallest absolute Gasteiger partial charge is 0.221 e. The van der Waals surface area contributed by atoms with Gasteiger partial charge in [0.05, 0.1) is 0 Å². The number of halogens is 1. The molecule has 0 rings (SSSR count). The molecule has 0 unspecified atom stereocenters. The molecule has 19 heavy (non-hydrogen) atoms. The van der Waals surface area contributed by atoms with E-state index >= 15 is 0 Å². The third kappa shape index (κ3) is 17.9. The molecule has 0 aromatic carbocycles.